The number of amides is 2. The zero-order valence-corrected chi connectivity index (χ0v) is 23.4. The molecular formula is C28H32N6O5S. The van der Waals surface area contributed by atoms with Crippen LogP contribution in [0.2, 0.25) is 0 Å². The third-order valence-electron chi connectivity index (χ3n) is 7.17. The molecule has 4 heterocycles. The van der Waals surface area contributed by atoms with Gasteiger partial charge in [0.25, 0.3) is 5.91 Å². The average molecular weight is 565 g/mol. The number of primary amides is 1. The fraction of sp³-hybridized carbons (Fsp3) is 0.357. The molecule has 2 aliphatic rings. The largest absolute Gasteiger partial charge is 0.493 e. The van der Waals surface area contributed by atoms with Gasteiger partial charge in [-0.2, -0.15) is 0 Å². The summed E-state index contributed by atoms with van der Waals surface area (Å²) in [5.41, 5.74) is 8.68. The normalized spacial score (nSPS) is 15.7. The lowest BCUT2D eigenvalue weighted by atomic mass is 10.1. The molecule has 0 bridgehead atoms. The summed E-state index contributed by atoms with van der Waals surface area (Å²) < 4.78 is 33.0. The molecule has 1 aromatic carbocycles. The fourth-order valence-corrected chi connectivity index (χ4v) is 6.72. The maximum Gasteiger partial charge on any atom is 0.261 e. The summed E-state index contributed by atoms with van der Waals surface area (Å²) in [6, 6.07) is 10.9. The van der Waals surface area contributed by atoms with Crippen molar-refractivity contribution in [3.63, 3.8) is 0 Å². The molecular weight excluding hydrogens is 532 g/mol. The Kier molecular flexibility index (Phi) is 7.61. The Morgan fingerprint density at radius 2 is 1.93 bits per heavy atom. The lowest BCUT2D eigenvalue weighted by molar-refractivity contribution is -0.118. The number of nitrogens with zero attached hydrogens (tertiary/aromatic N) is 5. The van der Waals surface area contributed by atoms with Gasteiger partial charge in [0, 0.05) is 50.9 Å². The van der Waals surface area contributed by atoms with Crippen molar-refractivity contribution in [3.8, 4) is 5.75 Å². The van der Waals surface area contributed by atoms with Crippen molar-refractivity contribution in [3.05, 3.63) is 65.5 Å². The van der Waals surface area contributed by atoms with E-state index in [9.17, 15) is 18.0 Å². The molecule has 0 unspecified atom stereocenters. The quantitative estimate of drug-likeness (QED) is 0.419. The van der Waals surface area contributed by atoms with Crippen LogP contribution >= 0.6 is 0 Å². The van der Waals surface area contributed by atoms with Crippen molar-refractivity contribution in [1.29, 1.82) is 0 Å². The average Bonchev–Trinajstić information content (AvgIpc) is 3.02. The zero-order valence-electron chi connectivity index (χ0n) is 22.5. The van der Waals surface area contributed by atoms with Gasteiger partial charge in [0.2, 0.25) is 15.9 Å². The van der Waals surface area contributed by atoms with Crippen LogP contribution in [0.3, 0.4) is 0 Å². The number of aromatic nitrogens is 2. The molecule has 5 rings (SSSR count). The maximum absolute atomic E-state index is 13.4. The topological polar surface area (TPSA) is 139 Å². The number of carbonyl (C=O) groups is 2. The number of pyridine rings is 2. The van der Waals surface area contributed by atoms with E-state index < -0.39 is 15.9 Å². The van der Waals surface area contributed by atoms with Gasteiger partial charge in [-0.15, -0.1) is 0 Å². The Morgan fingerprint density at radius 3 is 2.70 bits per heavy atom. The number of benzene rings is 1. The van der Waals surface area contributed by atoms with Crippen molar-refractivity contribution in [1.82, 2.24) is 9.97 Å². The highest BCUT2D eigenvalue weighted by atomic mass is 32.2. The fourth-order valence-electron chi connectivity index (χ4n) is 5.16. The van der Waals surface area contributed by atoms with Gasteiger partial charge in [-0.3, -0.25) is 13.9 Å². The van der Waals surface area contributed by atoms with E-state index >= 15 is 0 Å². The Hall–Kier alpha value is -4.19. The van der Waals surface area contributed by atoms with Gasteiger partial charge in [-0.05, 0) is 55.7 Å². The molecule has 0 saturated carbocycles. The third kappa shape index (κ3) is 5.18. The van der Waals surface area contributed by atoms with E-state index in [2.05, 4.69) is 9.97 Å². The molecule has 2 amide bonds. The van der Waals surface area contributed by atoms with Gasteiger partial charge in [-0.1, -0.05) is 6.07 Å². The molecule has 2 aromatic heterocycles. The summed E-state index contributed by atoms with van der Waals surface area (Å²) in [6.45, 7) is 3.09. The molecule has 0 atom stereocenters. The molecule has 0 fully saturated rings. The SMILES string of the molecule is CCN1c2ncc(CCOc3cccc4c3CCS(=O)(=O)N4CCCC(N)=O)cc2C(=O)N(C)c2cccnc21. The summed E-state index contributed by atoms with van der Waals surface area (Å²) >= 11 is 0. The number of hydrogen-bond donors (Lipinski definition) is 1. The Labute approximate surface area is 233 Å². The molecule has 0 saturated heterocycles. The van der Waals surface area contributed by atoms with Crippen LogP contribution in [0.15, 0.2) is 48.8 Å². The van der Waals surface area contributed by atoms with E-state index in [4.69, 9.17) is 10.5 Å². The first kappa shape index (κ1) is 27.4. The van der Waals surface area contributed by atoms with Crippen LogP contribution in [0.4, 0.5) is 23.0 Å². The summed E-state index contributed by atoms with van der Waals surface area (Å²) in [6.07, 6.45) is 4.74. The van der Waals surface area contributed by atoms with E-state index in [1.54, 1.807) is 42.5 Å². The monoisotopic (exact) mass is 564 g/mol. The number of ether oxygens (including phenoxy) is 1. The van der Waals surface area contributed by atoms with E-state index in [0.717, 1.165) is 16.8 Å². The molecule has 0 aliphatic carbocycles. The highest BCUT2D eigenvalue weighted by Crippen LogP contribution is 2.38. The smallest absolute Gasteiger partial charge is 0.261 e. The molecule has 210 valence electrons. The van der Waals surface area contributed by atoms with E-state index in [0.29, 0.717) is 61.1 Å². The molecule has 0 spiro atoms. The van der Waals surface area contributed by atoms with Crippen LogP contribution in [0.1, 0.15) is 41.3 Å². The minimum absolute atomic E-state index is 0.0352. The van der Waals surface area contributed by atoms with Crippen molar-refractivity contribution < 1.29 is 22.7 Å². The van der Waals surface area contributed by atoms with Gasteiger partial charge in [-0.25, -0.2) is 18.4 Å². The summed E-state index contributed by atoms with van der Waals surface area (Å²) in [7, 11) is -1.76. The molecule has 0 radical (unpaired) electrons. The van der Waals surface area contributed by atoms with Crippen LogP contribution in [0, 0.1) is 0 Å². The minimum atomic E-state index is -3.49. The van der Waals surface area contributed by atoms with Crippen molar-refractivity contribution in [2.45, 2.75) is 32.6 Å². The first-order chi connectivity index (χ1) is 19.2. The van der Waals surface area contributed by atoms with Gasteiger partial charge < -0.3 is 20.3 Å². The van der Waals surface area contributed by atoms with Crippen LogP contribution in [0.5, 0.6) is 5.75 Å². The van der Waals surface area contributed by atoms with Crippen LogP contribution in [0.25, 0.3) is 0 Å². The molecule has 12 heteroatoms. The summed E-state index contributed by atoms with van der Waals surface area (Å²) in [4.78, 5) is 37.2. The first-order valence-electron chi connectivity index (χ1n) is 13.2. The predicted octanol–water partition coefficient (Wildman–Crippen LogP) is 2.80. The molecule has 3 aromatic rings. The van der Waals surface area contributed by atoms with E-state index in [1.165, 1.54) is 4.31 Å². The second-order valence-electron chi connectivity index (χ2n) is 9.73. The summed E-state index contributed by atoms with van der Waals surface area (Å²) in [5.74, 6) is 1.21. The standard InChI is InChI=1S/C28H32N6O5S/c1-3-33-26-21(28(36)32(2)23-8-5-13-30-27(23)33)17-19(18-31-26)11-15-39-24-9-4-7-22-20(24)12-16-40(37,38)34(22)14-6-10-25(29)35/h4-5,7-9,13,17-18H,3,6,10-12,14-16H2,1-2H3,(H2,29,35). The lowest BCUT2D eigenvalue weighted by Crippen LogP contribution is -2.39. The van der Waals surface area contributed by atoms with E-state index in [-0.39, 0.29) is 24.6 Å². The first-order valence-corrected chi connectivity index (χ1v) is 14.8. The van der Waals surface area contributed by atoms with Crippen molar-refractivity contribution in [2.75, 3.05) is 46.6 Å². The van der Waals surface area contributed by atoms with Gasteiger partial charge in [0.05, 0.1) is 29.3 Å². The highest BCUT2D eigenvalue weighted by Gasteiger charge is 2.32. The van der Waals surface area contributed by atoms with Crippen LogP contribution in [-0.4, -0.2) is 62.7 Å². The highest BCUT2D eigenvalue weighted by molar-refractivity contribution is 7.92. The predicted molar refractivity (Wildman–Crippen MR) is 153 cm³/mol. The number of sulfonamides is 1. The minimum Gasteiger partial charge on any atom is -0.493 e. The summed E-state index contributed by atoms with van der Waals surface area (Å²) in [5, 5.41) is 0. The van der Waals surface area contributed by atoms with Gasteiger partial charge in [0.15, 0.2) is 5.82 Å². The number of nitrogens with two attached hydrogens (primary N) is 1. The number of fused-ring (bicyclic) bond motifs is 3. The maximum atomic E-state index is 13.4. The number of rotatable bonds is 9. The molecule has 11 nitrogen and oxygen atoms in total. The number of hydrogen-bond acceptors (Lipinski definition) is 8. The number of anilines is 4. The van der Waals surface area contributed by atoms with Crippen LogP contribution < -0.4 is 24.6 Å². The number of carbonyl (C=O) groups excluding carboxylic acids is 2. The molecule has 40 heavy (non-hydrogen) atoms. The Bertz CT molecular complexity index is 1560. The van der Waals surface area contributed by atoms with Crippen molar-refractivity contribution >= 4 is 44.8 Å². The second-order valence-corrected chi connectivity index (χ2v) is 11.7. The lowest BCUT2D eigenvalue weighted by Gasteiger charge is -2.31. The Balaban J connectivity index is 1.34. The Morgan fingerprint density at radius 1 is 1.12 bits per heavy atom. The van der Waals surface area contributed by atoms with Gasteiger partial charge >= 0.3 is 0 Å². The second kappa shape index (κ2) is 11.1. The van der Waals surface area contributed by atoms with Crippen molar-refractivity contribution in [2.24, 2.45) is 5.73 Å². The third-order valence-corrected chi connectivity index (χ3v) is 8.94. The zero-order chi connectivity index (χ0) is 28.4. The molecule has 2 aliphatic heterocycles. The van der Waals surface area contributed by atoms with Gasteiger partial charge in [0.1, 0.15) is 11.6 Å². The molecule has 2 N–H and O–H groups in total. The van der Waals surface area contributed by atoms with Crippen LogP contribution in [-0.2, 0) is 27.7 Å². The van der Waals surface area contributed by atoms with E-state index in [1.807, 2.05) is 30.0 Å².